The van der Waals surface area contributed by atoms with Crippen molar-refractivity contribution in [1.82, 2.24) is 25.0 Å². The molecule has 144 valence electrons. The van der Waals surface area contributed by atoms with Gasteiger partial charge in [0, 0.05) is 5.56 Å². The summed E-state index contributed by atoms with van der Waals surface area (Å²) in [5.41, 5.74) is 3.26. The summed E-state index contributed by atoms with van der Waals surface area (Å²) < 4.78 is 5.64. The first-order valence-electron chi connectivity index (χ1n) is 9.82. The fourth-order valence-electron chi connectivity index (χ4n) is 3.99. The molecule has 29 heavy (non-hydrogen) atoms. The molecule has 3 heterocycles. The summed E-state index contributed by atoms with van der Waals surface area (Å²) in [6, 6.07) is 17.6. The number of imidazole rings is 1. The molecule has 1 fully saturated rings. The minimum absolute atomic E-state index is 0.0486. The lowest BCUT2D eigenvalue weighted by atomic mass is 10.0. The van der Waals surface area contributed by atoms with Gasteiger partial charge in [-0.05, 0) is 43.7 Å². The minimum Gasteiger partial charge on any atom is -0.341 e. The molecule has 7 heteroatoms. The van der Waals surface area contributed by atoms with Gasteiger partial charge in [0.05, 0.1) is 35.3 Å². The van der Waals surface area contributed by atoms with Crippen LogP contribution in [0.5, 0.6) is 0 Å². The van der Waals surface area contributed by atoms with Gasteiger partial charge in [-0.3, -0.25) is 4.90 Å². The summed E-state index contributed by atoms with van der Waals surface area (Å²) in [6.07, 6.45) is 3.21. The summed E-state index contributed by atoms with van der Waals surface area (Å²) >= 11 is 0. The number of hydrogen-bond acceptors (Lipinski definition) is 6. The first-order chi connectivity index (χ1) is 14.3. The van der Waals surface area contributed by atoms with Crippen molar-refractivity contribution in [2.75, 3.05) is 6.54 Å². The van der Waals surface area contributed by atoms with Crippen LogP contribution in [0.4, 0.5) is 0 Å². The second-order valence-corrected chi connectivity index (χ2v) is 7.30. The average Bonchev–Trinajstić information content (AvgIpc) is 3.41. The van der Waals surface area contributed by atoms with Crippen LogP contribution >= 0.6 is 0 Å². The van der Waals surface area contributed by atoms with Gasteiger partial charge in [-0.25, -0.2) is 4.98 Å². The molecule has 1 saturated heterocycles. The van der Waals surface area contributed by atoms with E-state index in [4.69, 9.17) is 9.51 Å². The molecule has 1 N–H and O–H groups in total. The lowest BCUT2D eigenvalue weighted by Gasteiger charge is -2.32. The maximum atomic E-state index is 9.35. The number of nitrogens with zero attached hydrogens (tertiary/aromatic N) is 5. The van der Waals surface area contributed by atoms with E-state index in [1.165, 1.54) is 0 Å². The molecule has 7 nitrogen and oxygen atoms in total. The second-order valence-electron chi connectivity index (χ2n) is 7.30. The van der Waals surface area contributed by atoms with E-state index in [1.54, 1.807) is 6.07 Å². The second kappa shape index (κ2) is 7.49. The summed E-state index contributed by atoms with van der Waals surface area (Å²) in [4.78, 5) is 15.1. The standard InChI is InChI=1S/C22H20N6O/c23-13-15-7-1-2-8-16(15)21-26-22(29-27-21)19-11-5-6-12-28(19)14-20-24-17-9-3-4-10-18(17)25-20/h1-4,7-10,19H,5-6,11-12,14H2,(H,24,25). The van der Waals surface area contributed by atoms with Gasteiger partial charge in [0.15, 0.2) is 0 Å². The van der Waals surface area contributed by atoms with Crippen molar-refractivity contribution in [1.29, 1.82) is 5.26 Å². The van der Waals surface area contributed by atoms with Gasteiger partial charge in [-0.1, -0.05) is 35.8 Å². The lowest BCUT2D eigenvalue weighted by molar-refractivity contribution is 0.109. The number of para-hydroxylation sites is 2. The minimum atomic E-state index is 0.0486. The fourth-order valence-corrected chi connectivity index (χ4v) is 3.99. The highest BCUT2D eigenvalue weighted by molar-refractivity contribution is 5.74. The first kappa shape index (κ1) is 17.6. The van der Waals surface area contributed by atoms with Crippen molar-refractivity contribution in [3.8, 4) is 17.5 Å². The number of fused-ring (bicyclic) bond motifs is 1. The number of H-pyrrole nitrogens is 1. The predicted octanol–water partition coefficient (Wildman–Crippen LogP) is 4.21. The Balaban J connectivity index is 1.42. The number of hydrogen-bond donors (Lipinski definition) is 1. The van der Waals surface area contributed by atoms with E-state index in [0.29, 0.717) is 29.4 Å². The number of aromatic amines is 1. The topological polar surface area (TPSA) is 94.6 Å². The number of likely N-dealkylation sites (tertiary alicyclic amines) is 1. The van der Waals surface area contributed by atoms with Crippen LogP contribution in [0.1, 0.15) is 42.6 Å². The fraction of sp³-hybridized carbons (Fsp3) is 0.273. The van der Waals surface area contributed by atoms with Crippen LogP contribution in [0.3, 0.4) is 0 Å². The third-order valence-corrected chi connectivity index (χ3v) is 5.42. The summed E-state index contributed by atoms with van der Waals surface area (Å²) in [7, 11) is 0. The van der Waals surface area contributed by atoms with Gasteiger partial charge >= 0.3 is 0 Å². The van der Waals surface area contributed by atoms with E-state index in [0.717, 1.165) is 42.7 Å². The predicted molar refractivity (Wildman–Crippen MR) is 108 cm³/mol. The number of piperidine rings is 1. The van der Waals surface area contributed by atoms with E-state index in [-0.39, 0.29) is 6.04 Å². The normalized spacial score (nSPS) is 17.4. The van der Waals surface area contributed by atoms with Crippen molar-refractivity contribution in [3.63, 3.8) is 0 Å². The molecule has 1 aliphatic rings. The molecule has 2 aromatic carbocycles. The van der Waals surface area contributed by atoms with E-state index >= 15 is 0 Å². The van der Waals surface area contributed by atoms with Crippen LogP contribution in [-0.4, -0.2) is 31.6 Å². The van der Waals surface area contributed by atoms with Gasteiger partial charge in [0.1, 0.15) is 5.82 Å². The van der Waals surface area contributed by atoms with Crippen molar-refractivity contribution < 1.29 is 4.52 Å². The highest BCUT2D eigenvalue weighted by Crippen LogP contribution is 2.32. The van der Waals surface area contributed by atoms with Crippen LogP contribution in [0.15, 0.2) is 53.1 Å². The number of nitrogens with one attached hydrogen (secondary N) is 1. The van der Waals surface area contributed by atoms with E-state index < -0.39 is 0 Å². The van der Waals surface area contributed by atoms with Gasteiger partial charge in [0.2, 0.25) is 11.7 Å². The number of rotatable bonds is 4. The summed E-state index contributed by atoms with van der Waals surface area (Å²) in [6.45, 7) is 1.65. The van der Waals surface area contributed by atoms with Crippen LogP contribution in [0, 0.1) is 11.3 Å². The molecule has 1 unspecified atom stereocenters. The monoisotopic (exact) mass is 384 g/mol. The van der Waals surface area contributed by atoms with Gasteiger partial charge < -0.3 is 9.51 Å². The molecule has 0 spiro atoms. The Morgan fingerprint density at radius 3 is 2.86 bits per heavy atom. The molecule has 0 saturated carbocycles. The van der Waals surface area contributed by atoms with Crippen molar-refractivity contribution in [3.05, 3.63) is 65.8 Å². The van der Waals surface area contributed by atoms with Gasteiger partial charge in [-0.2, -0.15) is 10.2 Å². The highest BCUT2D eigenvalue weighted by Gasteiger charge is 2.30. The van der Waals surface area contributed by atoms with Gasteiger partial charge in [0.25, 0.3) is 0 Å². The van der Waals surface area contributed by atoms with Crippen LogP contribution < -0.4 is 0 Å². The largest absolute Gasteiger partial charge is 0.341 e. The number of benzene rings is 2. The molecule has 4 aromatic rings. The molecule has 1 atom stereocenters. The summed E-state index contributed by atoms with van der Waals surface area (Å²) in [5, 5.41) is 13.5. The molecule has 1 aliphatic heterocycles. The van der Waals surface area contributed by atoms with E-state index in [2.05, 4.69) is 26.1 Å². The van der Waals surface area contributed by atoms with E-state index in [9.17, 15) is 5.26 Å². The molecule has 5 rings (SSSR count). The third kappa shape index (κ3) is 3.39. The Labute approximate surface area is 168 Å². The quantitative estimate of drug-likeness (QED) is 0.566. The Morgan fingerprint density at radius 1 is 1.10 bits per heavy atom. The van der Waals surface area contributed by atoms with E-state index in [1.807, 2.05) is 42.5 Å². The zero-order chi connectivity index (χ0) is 19.6. The van der Waals surface area contributed by atoms with Crippen molar-refractivity contribution in [2.24, 2.45) is 0 Å². The zero-order valence-corrected chi connectivity index (χ0v) is 15.9. The SMILES string of the molecule is N#Cc1ccccc1-c1noc(C2CCCCN2Cc2nc3ccccc3[nH]2)n1. The zero-order valence-electron chi connectivity index (χ0n) is 15.9. The Kier molecular flexibility index (Phi) is 4.54. The van der Waals surface area contributed by atoms with Crippen LogP contribution in [0.25, 0.3) is 22.4 Å². The maximum absolute atomic E-state index is 9.35. The van der Waals surface area contributed by atoms with Gasteiger partial charge in [-0.15, -0.1) is 0 Å². The van der Waals surface area contributed by atoms with Crippen LogP contribution in [-0.2, 0) is 6.54 Å². The Morgan fingerprint density at radius 2 is 1.97 bits per heavy atom. The van der Waals surface area contributed by atoms with Crippen molar-refractivity contribution in [2.45, 2.75) is 31.8 Å². The molecule has 0 amide bonds. The highest BCUT2D eigenvalue weighted by atomic mass is 16.5. The molecule has 2 aromatic heterocycles. The Bertz CT molecular complexity index is 1150. The molecule has 0 aliphatic carbocycles. The Hall–Kier alpha value is -3.50. The first-order valence-corrected chi connectivity index (χ1v) is 9.82. The third-order valence-electron chi connectivity index (χ3n) is 5.42. The molecule has 0 bridgehead atoms. The summed E-state index contributed by atoms with van der Waals surface area (Å²) in [5.74, 6) is 2.00. The van der Waals surface area contributed by atoms with Crippen molar-refractivity contribution >= 4 is 11.0 Å². The molecule has 0 radical (unpaired) electrons. The smallest absolute Gasteiger partial charge is 0.244 e. The number of nitriles is 1. The average molecular weight is 384 g/mol. The lowest BCUT2D eigenvalue weighted by Crippen LogP contribution is -2.33. The number of aromatic nitrogens is 4. The molecular formula is C22H20N6O. The molecular weight excluding hydrogens is 364 g/mol. The van der Waals surface area contributed by atoms with Crippen LogP contribution in [0.2, 0.25) is 0 Å². The maximum Gasteiger partial charge on any atom is 0.244 e.